The molecule has 0 spiro atoms. The maximum absolute atomic E-state index is 14.4. The predicted molar refractivity (Wildman–Crippen MR) is 91.2 cm³/mol. The molecular formula is C18H18FN3O3. The van der Waals surface area contributed by atoms with E-state index in [1.807, 2.05) is 0 Å². The molecule has 2 heterocycles. The molecule has 130 valence electrons. The summed E-state index contributed by atoms with van der Waals surface area (Å²) in [4.78, 5) is 35.8. The molecule has 0 radical (unpaired) electrons. The van der Waals surface area contributed by atoms with Crippen molar-refractivity contribution in [3.63, 3.8) is 0 Å². The van der Waals surface area contributed by atoms with E-state index in [2.05, 4.69) is 10.6 Å². The molecule has 1 saturated heterocycles. The van der Waals surface area contributed by atoms with Crippen LogP contribution in [0.2, 0.25) is 0 Å². The molecule has 7 heteroatoms. The fraction of sp³-hybridized carbons (Fsp3) is 0.278. The van der Waals surface area contributed by atoms with Crippen molar-refractivity contribution >= 4 is 17.4 Å². The monoisotopic (exact) mass is 343 g/mol. The zero-order valence-electron chi connectivity index (χ0n) is 13.7. The summed E-state index contributed by atoms with van der Waals surface area (Å²) in [7, 11) is 0. The van der Waals surface area contributed by atoms with E-state index in [1.165, 1.54) is 35.9 Å². The molecule has 6 nitrogen and oxygen atoms in total. The third-order valence-corrected chi connectivity index (χ3v) is 4.38. The van der Waals surface area contributed by atoms with Crippen LogP contribution in [0.15, 0.2) is 47.4 Å². The fourth-order valence-corrected chi connectivity index (χ4v) is 3.00. The lowest BCUT2D eigenvalue weighted by Gasteiger charge is -2.16. The van der Waals surface area contributed by atoms with E-state index >= 15 is 0 Å². The van der Waals surface area contributed by atoms with Crippen molar-refractivity contribution in [2.75, 3.05) is 18.4 Å². The van der Waals surface area contributed by atoms with Gasteiger partial charge in [0.1, 0.15) is 11.6 Å². The van der Waals surface area contributed by atoms with Gasteiger partial charge in [-0.1, -0.05) is 6.07 Å². The molecule has 3 rings (SSSR count). The topological polar surface area (TPSA) is 80.2 Å². The van der Waals surface area contributed by atoms with Crippen molar-refractivity contribution in [1.82, 2.24) is 9.88 Å². The van der Waals surface area contributed by atoms with Crippen LogP contribution in [0.25, 0.3) is 5.69 Å². The molecule has 2 atom stereocenters. The minimum Gasteiger partial charge on any atom is -0.323 e. The fourth-order valence-electron chi connectivity index (χ4n) is 3.00. The second-order valence-corrected chi connectivity index (χ2v) is 6.04. The molecule has 1 aliphatic rings. The molecule has 0 bridgehead atoms. The Hall–Kier alpha value is -2.80. The first-order valence-electron chi connectivity index (χ1n) is 7.97. The van der Waals surface area contributed by atoms with Gasteiger partial charge >= 0.3 is 0 Å². The number of benzene rings is 1. The van der Waals surface area contributed by atoms with Crippen molar-refractivity contribution in [1.29, 1.82) is 0 Å². The number of nitrogens with zero attached hydrogens (tertiary/aromatic N) is 1. The van der Waals surface area contributed by atoms with Gasteiger partial charge in [0.25, 0.3) is 5.56 Å². The van der Waals surface area contributed by atoms with Gasteiger partial charge in [-0.05, 0) is 25.1 Å². The van der Waals surface area contributed by atoms with E-state index in [0.717, 1.165) is 0 Å². The Morgan fingerprint density at radius 2 is 1.96 bits per heavy atom. The van der Waals surface area contributed by atoms with Crippen LogP contribution in [-0.4, -0.2) is 29.3 Å². The number of hydrogen-bond donors (Lipinski definition) is 2. The van der Waals surface area contributed by atoms with Gasteiger partial charge in [0.15, 0.2) is 0 Å². The molecular weight excluding hydrogens is 325 g/mol. The maximum Gasteiger partial charge on any atom is 0.255 e. The summed E-state index contributed by atoms with van der Waals surface area (Å²) in [6.45, 7) is 2.28. The largest absolute Gasteiger partial charge is 0.323 e. The first-order chi connectivity index (χ1) is 12.0. The van der Waals surface area contributed by atoms with Crippen molar-refractivity contribution < 1.29 is 14.0 Å². The van der Waals surface area contributed by atoms with Crippen LogP contribution in [0.3, 0.4) is 0 Å². The number of hydrogen-bond acceptors (Lipinski definition) is 4. The van der Waals surface area contributed by atoms with Gasteiger partial charge in [-0.15, -0.1) is 0 Å². The second kappa shape index (κ2) is 6.98. The Bertz CT molecular complexity index is 878. The highest BCUT2D eigenvalue weighted by molar-refractivity contribution is 5.96. The summed E-state index contributed by atoms with van der Waals surface area (Å²) in [5.74, 6) is -2.02. The third kappa shape index (κ3) is 3.51. The van der Waals surface area contributed by atoms with Crippen molar-refractivity contribution in [3.8, 4) is 5.69 Å². The minimum atomic E-state index is -0.646. The summed E-state index contributed by atoms with van der Waals surface area (Å²) < 4.78 is 15.7. The molecule has 1 aromatic carbocycles. The number of anilines is 1. The molecule has 1 amide bonds. The summed E-state index contributed by atoms with van der Waals surface area (Å²) >= 11 is 0. The van der Waals surface area contributed by atoms with Gasteiger partial charge < -0.3 is 10.6 Å². The van der Waals surface area contributed by atoms with Crippen LogP contribution < -0.4 is 16.2 Å². The molecule has 2 aromatic rings. The highest BCUT2D eigenvalue weighted by Gasteiger charge is 2.35. The van der Waals surface area contributed by atoms with Crippen molar-refractivity contribution in [2.45, 2.75) is 6.92 Å². The summed E-state index contributed by atoms with van der Waals surface area (Å²) in [5, 5.41) is 5.55. The summed E-state index contributed by atoms with van der Waals surface area (Å²) in [5.41, 5.74) is 0.109. The Morgan fingerprint density at radius 3 is 2.64 bits per heavy atom. The van der Waals surface area contributed by atoms with Crippen molar-refractivity contribution in [2.24, 2.45) is 11.8 Å². The van der Waals surface area contributed by atoms with Gasteiger partial charge in [0.2, 0.25) is 5.91 Å². The van der Waals surface area contributed by atoms with Gasteiger partial charge in [0.05, 0.1) is 17.3 Å². The first kappa shape index (κ1) is 17.0. The normalized spacial score (nSPS) is 19.6. The van der Waals surface area contributed by atoms with Gasteiger partial charge in [-0.25, -0.2) is 4.39 Å². The molecule has 1 aliphatic heterocycles. The molecule has 0 unspecified atom stereocenters. The van der Waals surface area contributed by atoms with E-state index in [-0.39, 0.29) is 17.0 Å². The predicted octanol–water partition coefficient (Wildman–Crippen LogP) is 1.34. The standard InChI is InChI=1S/C18H18FN3O3/c1-11(23)13-9-20-10-14(13)18(25)21-16-6-5-12(8-15(16)19)22-7-3-2-4-17(22)24/h2-8,13-14,20H,9-10H2,1H3,(H,21,25)/t13-,14+/m1/s1. The van der Waals surface area contributed by atoms with E-state index in [4.69, 9.17) is 0 Å². The van der Waals surface area contributed by atoms with E-state index in [9.17, 15) is 18.8 Å². The number of aromatic nitrogens is 1. The number of halogens is 1. The van der Waals surface area contributed by atoms with Crippen LogP contribution >= 0.6 is 0 Å². The lowest BCUT2D eigenvalue weighted by atomic mass is 9.92. The molecule has 1 aromatic heterocycles. The molecule has 2 N–H and O–H groups in total. The van der Waals surface area contributed by atoms with E-state index in [0.29, 0.717) is 18.8 Å². The van der Waals surface area contributed by atoms with Crippen LogP contribution in [0, 0.1) is 17.7 Å². The van der Waals surface area contributed by atoms with E-state index in [1.54, 1.807) is 18.2 Å². The molecule has 25 heavy (non-hydrogen) atoms. The lowest BCUT2D eigenvalue weighted by molar-refractivity contribution is -0.127. The lowest BCUT2D eigenvalue weighted by Crippen LogP contribution is -2.32. The number of Topliss-reactive ketones (excluding diaryl/α,β-unsaturated/α-hetero) is 1. The Morgan fingerprint density at radius 1 is 1.20 bits per heavy atom. The first-order valence-corrected chi connectivity index (χ1v) is 7.97. The SMILES string of the molecule is CC(=O)[C@H]1CNC[C@@H]1C(=O)Nc1ccc(-n2ccccc2=O)cc1F. The average Bonchev–Trinajstić information content (AvgIpc) is 3.07. The number of carbonyl (C=O) groups excluding carboxylic acids is 2. The zero-order valence-corrected chi connectivity index (χ0v) is 13.7. The third-order valence-electron chi connectivity index (χ3n) is 4.38. The zero-order chi connectivity index (χ0) is 18.0. The Balaban J connectivity index is 1.80. The van der Waals surface area contributed by atoms with Gasteiger partial charge in [0, 0.05) is 37.3 Å². The quantitative estimate of drug-likeness (QED) is 0.878. The van der Waals surface area contributed by atoms with Crippen LogP contribution in [0.5, 0.6) is 0 Å². The summed E-state index contributed by atoms with van der Waals surface area (Å²) in [6.07, 6.45) is 1.54. The number of amides is 1. The number of rotatable bonds is 4. The molecule has 0 aliphatic carbocycles. The van der Waals surface area contributed by atoms with E-state index < -0.39 is 23.6 Å². The number of pyridine rings is 1. The summed E-state index contributed by atoms with van der Waals surface area (Å²) in [6, 6.07) is 8.80. The Labute approximate surface area is 143 Å². The average molecular weight is 343 g/mol. The Kier molecular flexibility index (Phi) is 4.76. The van der Waals surface area contributed by atoms with Crippen LogP contribution in [0.4, 0.5) is 10.1 Å². The van der Waals surface area contributed by atoms with Crippen molar-refractivity contribution in [3.05, 3.63) is 58.8 Å². The molecule has 0 saturated carbocycles. The van der Waals surface area contributed by atoms with Crippen LogP contribution in [0.1, 0.15) is 6.92 Å². The highest BCUT2D eigenvalue weighted by atomic mass is 19.1. The highest BCUT2D eigenvalue weighted by Crippen LogP contribution is 2.22. The number of ketones is 1. The van der Waals surface area contributed by atoms with Gasteiger partial charge in [-0.2, -0.15) is 0 Å². The maximum atomic E-state index is 14.4. The van der Waals surface area contributed by atoms with Crippen LogP contribution in [-0.2, 0) is 9.59 Å². The number of nitrogens with one attached hydrogen (secondary N) is 2. The van der Waals surface area contributed by atoms with Gasteiger partial charge in [-0.3, -0.25) is 19.0 Å². The molecule has 1 fully saturated rings. The number of carbonyl (C=O) groups is 2. The smallest absolute Gasteiger partial charge is 0.255 e. The second-order valence-electron chi connectivity index (χ2n) is 6.04. The minimum absolute atomic E-state index is 0.0203.